The minimum atomic E-state index is 0.107. The van der Waals surface area contributed by atoms with Crippen LogP contribution in [0.4, 0.5) is 11.4 Å². The molecule has 0 aliphatic carbocycles. The van der Waals surface area contributed by atoms with E-state index < -0.39 is 0 Å². The van der Waals surface area contributed by atoms with Gasteiger partial charge in [0.15, 0.2) is 0 Å². The molecule has 138 valence electrons. The molecule has 0 spiro atoms. The maximum Gasteiger partial charge on any atom is 0.117 e. The maximum atomic E-state index is 9.96. The number of azo groups is 1. The zero-order valence-electron chi connectivity index (χ0n) is 15.5. The summed E-state index contributed by atoms with van der Waals surface area (Å²) in [7, 11) is 0. The lowest BCUT2D eigenvalue weighted by Gasteiger charge is -2.08. The highest BCUT2D eigenvalue weighted by Gasteiger charge is 2.11. The Morgan fingerprint density at radius 3 is 1.97 bits per heavy atom. The smallest absolute Gasteiger partial charge is 0.117 e. The predicted octanol–water partition coefficient (Wildman–Crippen LogP) is 7.01. The average Bonchev–Trinajstić information content (AvgIpc) is 2.78. The minimum Gasteiger partial charge on any atom is -0.508 e. The highest BCUT2D eigenvalue weighted by molar-refractivity contribution is 5.80. The van der Waals surface area contributed by atoms with Gasteiger partial charge in [0.2, 0.25) is 0 Å². The van der Waals surface area contributed by atoms with Gasteiger partial charge in [-0.1, -0.05) is 72.8 Å². The number of phenols is 1. The molecule has 0 atom stereocenters. The largest absolute Gasteiger partial charge is 0.508 e. The van der Waals surface area contributed by atoms with Gasteiger partial charge in [-0.05, 0) is 29.3 Å². The molecule has 0 radical (unpaired) electrons. The Labute approximate surface area is 169 Å². The van der Waals surface area contributed by atoms with Gasteiger partial charge in [0.05, 0.1) is 11.3 Å². The summed E-state index contributed by atoms with van der Waals surface area (Å²) in [5.74, 6) is 0.107. The first-order chi connectivity index (χ1) is 14.3. The Bertz CT molecular complexity index is 1210. The van der Waals surface area contributed by atoms with Gasteiger partial charge in [0, 0.05) is 17.2 Å². The van der Waals surface area contributed by atoms with Crippen LogP contribution in [-0.2, 0) is 0 Å². The van der Waals surface area contributed by atoms with Crippen molar-refractivity contribution in [2.24, 2.45) is 10.2 Å². The van der Waals surface area contributed by atoms with Crippen LogP contribution < -0.4 is 0 Å². The van der Waals surface area contributed by atoms with E-state index in [1.54, 1.807) is 18.2 Å². The summed E-state index contributed by atoms with van der Waals surface area (Å²) in [5.41, 5.74) is 5.08. The quantitative estimate of drug-likeness (QED) is 0.390. The molecule has 0 fully saturated rings. The molecule has 4 aromatic carbocycles. The van der Waals surface area contributed by atoms with E-state index in [-0.39, 0.29) is 5.75 Å². The van der Waals surface area contributed by atoms with Crippen LogP contribution in [0.15, 0.2) is 107 Å². The molecule has 0 saturated heterocycles. The molecule has 0 aliphatic rings. The second-order valence-corrected chi connectivity index (χ2v) is 6.45. The lowest BCUT2D eigenvalue weighted by Crippen LogP contribution is -1.83. The number of aromatic hydroxyl groups is 1. The van der Waals surface area contributed by atoms with Crippen LogP contribution in [0.1, 0.15) is 5.56 Å². The van der Waals surface area contributed by atoms with Crippen LogP contribution >= 0.6 is 0 Å². The maximum absolute atomic E-state index is 9.96. The molecule has 0 heterocycles. The SMILES string of the molecule is N#Cc1cccc(-c2ccccc2)c1N=Nc1cc(O)ccc1-c1ccccc1. The van der Waals surface area contributed by atoms with E-state index in [2.05, 4.69) is 16.3 Å². The van der Waals surface area contributed by atoms with E-state index in [9.17, 15) is 10.4 Å². The Hall–Kier alpha value is -4.23. The van der Waals surface area contributed by atoms with Gasteiger partial charge >= 0.3 is 0 Å². The zero-order chi connectivity index (χ0) is 20.1. The van der Waals surface area contributed by atoms with Crippen molar-refractivity contribution in [3.05, 3.63) is 103 Å². The molecule has 4 rings (SSSR count). The molecule has 29 heavy (non-hydrogen) atoms. The van der Waals surface area contributed by atoms with E-state index in [1.165, 1.54) is 0 Å². The molecule has 4 aromatic rings. The van der Waals surface area contributed by atoms with Gasteiger partial charge in [-0.15, -0.1) is 10.2 Å². The van der Waals surface area contributed by atoms with Crippen LogP contribution in [0.2, 0.25) is 0 Å². The van der Waals surface area contributed by atoms with Crippen LogP contribution in [0, 0.1) is 11.3 Å². The second-order valence-electron chi connectivity index (χ2n) is 6.45. The third kappa shape index (κ3) is 3.90. The predicted molar refractivity (Wildman–Crippen MR) is 114 cm³/mol. The second kappa shape index (κ2) is 8.20. The van der Waals surface area contributed by atoms with Crippen molar-refractivity contribution < 1.29 is 5.11 Å². The fourth-order valence-electron chi connectivity index (χ4n) is 3.16. The lowest BCUT2D eigenvalue weighted by molar-refractivity contribution is 0.475. The van der Waals surface area contributed by atoms with E-state index in [0.29, 0.717) is 16.9 Å². The first kappa shape index (κ1) is 18.1. The van der Waals surface area contributed by atoms with Gasteiger partial charge < -0.3 is 5.11 Å². The summed E-state index contributed by atoms with van der Waals surface area (Å²) in [6.45, 7) is 0. The molecule has 4 nitrogen and oxygen atoms in total. The number of nitrogens with zero attached hydrogens (tertiary/aromatic N) is 3. The van der Waals surface area contributed by atoms with Gasteiger partial charge in [-0.25, -0.2) is 0 Å². The molecule has 0 bridgehead atoms. The van der Waals surface area contributed by atoms with Gasteiger partial charge in [-0.2, -0.15) is 5.26 Å². The molecule has 0 aliphatic heterocycles. The number of hydrogen-bond acceptors (Lipinski definition) is 4. The summed E-state index contributed by atoms with van der Waals surface area (Å²) in [6.07, 6.45) is 0. The topological polar surface area (TPSA) is 68.7 Å². The average molecular weight is 375 g/mol. The molecule has 0 unspecified atom stereocenters. The number of benzene rings is 4. The van der Waals surface area contributed by atoms with E-state index >= 15 is 0 Å². The van der Waals surface area contributed by atoms with E-state index in [0.717, 1.165) is 22.3 Å². The number of phenolic OH excluding ortho intramolecular Hbond substituents is 1. The molecular weight excluding hydrogens is 358 g/mol. The molecular formula is C25H17N3O. The summed E-state index contributed by atoms with van der Waals surface area (Å²) >= 11 is 0. The number of hydrogen-bond donors (Lipinski definition) is 1. The Balaban J connectivity index is 1.84. The van der Waals surface area contributed by atoms with Gasteiger partial charge in [-0.3, -0.25) is 0 Å². The molecule has 0 aromatic heterocycles. The third-order valence-corrected chi connectivity index (χ3v) is 4.57. The highest BCUT2D eigenvalue weighted by Crippen LogP contribution is 2.37. The zero-order valence-corrected chi connectivity index (χ0v) is 15.5. The van der Waals surface area contributed by atoms with Crippen molar-refractivity contribution in [2.45, 2.75) is 0 Å². The van der Waals surface area contributed by atoms with Crippen molar-refractivity contribution in [1.29, 1.82) is 5.26 Å². The normalized spacial score (nSPS) is 10.7. The fraction of sp³-hybridized carbons (Fsp3) is 0. The Kier molecular flexibility index (Phi) is 5.13. The van der Waals surface area contributed by atoms with Crippen molar-refractivity contribution >= 4 is 11.4 Å². The lowest BCUT2D eigenvalue weighted by atomic mass is 10.0. The van der Waals surface area contributed by atoms with Crippen LogP contribution in [0.25, 0.3) is 22.3 Å². The van der Waals surface area contributed by atoms with Gasteiger partial charge in [0.25, 0.3) is 0 Å². The third-order valence-electron chi connectivity index (χ3n) is 4.57. The Morgan fingerprint density at radius 2 is 1.31 bits per heavy atom. The summed E-state index contributed by atoms with van der Waals surface area (Å²) < 4.78 is 0. The van der Waals surface area contributed by atoms with E-state index in [4.69, 9.17) is 0 Å². The molecule has 4 heteroatoms. The number of nitriles is 1. The van der Waals surface area contributed by atoms with Crippen LogP contribution in [0.3, 0.4) is 0 Å². The highest BCUT2D eigenvalue weighted by atomic mass is 16.3. The molecule has 1 N–H and O–H groups in total. The molecule has 0 saturated carbocycles. The van der Waals surface area contributed by atoms with Gasteiger partial charge in [0.1, 0.15) is 17.5 Å². The van der Waals surface area contributed by atoms with Crippen molar-refractivity contribution in [1.82, 2.24) is 0 Å². The van der Waals surface area contributed by atoms with Crippen molar-refractivity contribution in [3.63, 3.8) is 0 Å². The first-order valence-corrected chi connectivity index (χ1v) is 9.15. The van der Waals surface area contributed by atoms with Crippen LogP contribution in [-0.4, -0.2) is 5.11 Å². The van der Waals surface area contributed by atoms with Crippen molar-refractivity contribution in [3.8, 4) is 34.1 Å². The van der Waals surface area contributed by atoms with Crippen LogP contribution in [0.5, 0.6) is 5.75 Å². The Morgan fingerprint density at radius 1 is 0.655 bits per heavy atom. The standard InChI is InChI=1S/C25H17N3O/c26-17-20-12-7-13-23(19-10-5-2-6-11-19)25(20)28-27-24-16-21(29)14-15-22(24)18-8-3-1-4-9-18/h1-16,29H. The monoisotopic (exact) mass is 375 g/mol. The first-order valence-electron chi connectivity index (χ1n) is 9.15. The summed E-state index contributed by atoms with van der Waals surface area (Å²) in [6, 6.07) is 32.2. The summed E-state index contributed by atoms with van der Waals surface area (Å²) in [5, 5.41) is 28.4. The number of rotatable bonds is 4. The summed E-state index contributed by atoms with van der Waals surface area (Å²) in [4.78, 5) is 0. The van der Waals surface area contributed by atoms with Crippen molar-refractivity contribution in [2.75, 3.05) is 0 Å². The minimum absolute atomic E-state index is 0.107. The van der Waals surface area contributed by atoms with E-state index in [1.807, 2.05) is 78.9 Å². The molecule has 0 amide bonds. The fourth-order valence-corrected chi connectivity index (χ4v) is 3.16.